The molecule has 0 unspecified atom stereocenters. The largest absolute Gasteiger partial charge is 0.319 e. The lowest BCUT2D eigenvalue weighted by atomic mass is 10.1. The second-order valence-electron chi connectivity index (χ2n) is 4.81. The zero-order chi connectivity index (χ0) is 14.8. The molecule has 0 bridgehead atoms. The van der Waals surface area contributed by atoms with Crippen LogP contribution < -0.4 is 5.32 Å². The van der Waals surface area contributed by atoms with Crippen molar-refractivity contribution in [2.75, 3.05) is 5.32 Å². The Morgan fingerprint density at radius 2 is 1.95 bits per heavy atom. The van der Waals surface area contributed by atoms with E-state index in [2.05, 4.69) is 10.3 Å². The van der Waals surface area contributed by atoms with Crippen molar-refractivity contribution in [3.05, 3.63) is 71.7 Å². The van der Waals surface area contributed by atoms with Gasteiger partial charge in [0.05, 0.1) is 16.8 Å². The van der Waals surface area contributed by atoms with Crippen molar-refractivity contribution in [2.45, 2.75) is 6.92 Å². The summed E-state index contributed by atoms with van der Waals surface area (Å²) in [5, 5.41) is 3.34. The minimum absolute atomic E-state index is 0.173. The molecule has 0 spiro atoms. The van der Waals surface area contributed by atoms with E-state index in [1.165, 1.54) is 6.07 Å². The van der Waals surface area contributed by atoms with Crippen LogP contribution in [0.1, 0.15) is 15.9 Å². The van der Waals surface area contributed by atoms with Gasteiger partial charge in [-0.2, -0.15) is 0 Å². The van der Waals surface area contributed by atoms with Crippen LogP contribution in [-0.4, -0.2) is 10.9 Å². The first-order valence-corrected chi connectivity index (χ1v) is 6.56. The number of fused-ring (bicyclic) bond motifs is 1. The number of rotatable bonds is 2. The summed E-state index contributed by atoms with van der Waals surface area (Å²) in [6.45, 7) is 1.80. The summed E-state index contributed by atoms with van der Waals surface area (Å²) in [6.07, 6.45) is 1.57. The van der Waals surface area contributed by atoms with Crippen LogP contribution in [0.3, 0.4) is 0 Å². The van der Waals surface area contributed by atoms with Crippen LogP contribution in [0.2, 0.25) is 0 Å². The van der Waals surface area contributed by atoms with Gasteiger partial charge in [-0.1, -0.05) is 24.3 Å². The third-order valence-electron chi connectivity index (χ3n) is 3.27. The van der Waals surface area contributed by atoms with E-state index in [0.29, 0.717) is 5.56 Å². The molecule has 0 aliphatic rings. The number of halogens is 1. The Hall–Kier alpha value is -2.75. The molecule has 21 heavy (non-hydrogen) atoms. The van der Waals surface area contributed by atoms with E-state index in [-0.39, 0.29) is 11.6 Å². The highest BCUT2D eigenvalue weighted by atomic mass is 19.1. The zero-order valence-corrected chi connectivity index (χ0v) is 11.4. The van der Waals surface area contributed by atoms with Crippen LogP contribution in [0.4, 0.5) is 10.1 Å². The fraction of sp³-hybridized carbons (Fsp3) is 0.0588. The lowest BCUT2D eigenvalue weighted by molar-refractivity contribution is 0.102. The van der Waals surface area contributed by atoms with Crippen molar-refractivity contribution in [1.82, 2.24) is 4.98 Å². The Labute approximate surface area is 121 Å². The lowest BCUT2D eigenvalue weighted by Crippen LogP contribution is -2.13. The van der Waals surface area contributed by atoms with Gasteiger partial charge < -0.3 is 5.32 Å². The summed E-state index contributed by atoms with van der Waals surface area (Å²) < 4.78 is 13.8. The number of amides is 1. The molecule has 4 heteroatoms. The predicted octanol–water partition coefficient (Wildman–Crippen LogP) is 3.93. The molecule has 1 N–H and O–H groups in total. The van der Waals surface area contributed by atoms with Crippen LogP contribution in [0.15, 0.2) is 54.7 Å². The number of aryl methyl sites for hydroxylation is 1. The van der Waals surface area contributed by atoms with Crippen molar-refractivity contribution < 1.29 is 9.18 Å². The number of hydrogen-bond donors (Lipinski definition) is 1. The molecular formula is C17H13FN2O. The Morgan fingerprint density at radius 1 is 1.14 bits per heavy atom. The second kappa shape index (κ2) is 5.32. The van der Waals surface area contributed by atoms with Gasteiger partial charge in [-0.15, -0.1) is 0 Å². The monoisotopic (exact) mass is 280 g/mol. The van der Waals surface area contributed by atoms with Gasteiger partial charge in [0.15, 0.2) is 0 Å². The fourth-order valence-electron chi connectivity index (χ4n) is 2.21. The van der Waals surface area contributed by atoms with E-state index in [0.717, 1.165) is 16.5 Å². The van der Waals surface area contributed by atoms with E-state index in [1.54, 1.807) is 31.3 Å². The first-order valence-electron chi connectivity index (χ1n) is 6.56. The summed E-state index contributed by atoms with van der Waals surface area (Å²) >= 11 is 0. The van der Waals surface area contributed by atoms with Crippen molar-refractivity contribution in [3.8, 4) is 0 Å². The number of carbonyl (C=O) groups is 1. The highest BCUT2D eigenvalue weighted by Crippen LogP contribution is 2.20. The molecule has 0 aliphatic heterocycles. The van der Waals surface area contributed by atoms with E-state index < -0.39 is 5.82 Å². The first-order chi connectivity index (χ1) is 10.1. The maximum Gasteiger partial charge on any atom is 0.256 e. The van der Waals surface area contributed by atoms with Crippen molar-refractivity contribution in [3.63, 3.8) is 0 Å². The molecule has 104 valence electrons. The van der Waals surface area contributed by atoms with Gasteiger partial charge in [0.1, 0.15) is 5.82 Å². The highest BCUT2D eigenvalue weighted by Gasteiger charge is 2.12. The summed E-state index contributed by atoms with van der Waals surface area (Å²) in [5.41, 5.74) is 2.18. The number of pyridine rings is 1. The molecule has 1 aromatic heterocycles. The smallest absolute Gasteiger partial charge is 0.256 e. The van der Waals surface area contributed by atoms with Crippen molar-refractivity contribution >= 4 is 22.5 Å². The summed E-state index contributed by atoms with van der Waals surface area (Å²) in [4.78, 5) is 16.6. The first kappa shape index (κ1) is 13.2. The number of nitrogens with one attached hydrogen (secondary N) is 1. The third kappa shape index (κ3) is 2.60. The predicted molar refractivity (Wildman–Crippen MR) is 80.8 cm³/mol. The number of anilines is 1. The molecule has 0 saturated carbocycles. The summed E-state index contributed by atoms with van der Waals surface area (Å²) in [6, 6.07) is 13.7. The van der Waals surface area contributed by atoms with E-state index in [9.17, 15) is 9.18 Å². The molecular weight excluding hydrogens is 267 g/mol. The average molecular weight is 280 g/mol. The van der Waals surface area contributed by atoms with Crippen LogP contribution in [0.25, 0.3) is 10.9 Å². The minimum atomic E-state index is -0.443. The fourth-order valence-corrected chi connectivity index (χ4v) is 2.21. The van der Waals surface area contributed by atoms with Gasteiger partial charge in [-0.05, 0) is 36.8 Å². The van der Waals surface area contributed by atoms with Gasteiger partial charge >= 0.3 is 0 Å². The van der Waals surface area contributed by atoms with Crippen molar-refractivity contribution in [1.29, 1.82) is 0 Å². The molecule has 0 atom stereocenters. The summed E-state index contributed by atoms with van der Waals surface area (Å²) in [5.74, 6) is -0.793. The number of aromatic nitrogens is 1. The zero-order valence-electron chi connectivity index (χ0n) is 11.4. The Morgan fingerprint density at radius 3 is 2.76 bits per heavy atom. The van der Waals surface area contributed by atoms with Gasteiger partial charge in [-0.25, -0.2) is 4.39 Å². The molecule has 0 aliphatic carbocycles. The van der Waals surface area contributed by atoms with E-state index in [1.807, 2.05) is 24.3 Å². The molecule has 2 aromatic carbocycles. The van der Waals surface area contributed by atoms with Gasteiger partial charge in [0.2, 0.25) is 0 Å². The molecule has 3 nitrogen and oxygen atoms in total. The maximum atomic E-state index is 13.8. The number of carbonyl (C=O) groups excluding carboxylic acids is 1. The number of para-hydroxylation sites is 1. The third-order valence-corrected chi connectivity index (χ3v) is 3.27. The van der Waals surface area contributed by atoms with Gasteiger partial charge in [0, 0.05) is 11.6 Å². The SMILES string of the molecule is Cc1ccc(NC(=O)c2ccnc3ccccc23)c(F)c1. The second-order valence-corrected chi connectivity index (χ2v) is 4.81. The molecule has 3 rings (SSSR count). The number of benzene rings is 2. The van der Waals surface area contributed by atoms with Crippen LogP contribution >= 0.6 is 0 Å². The molecule has 0 fully saturated rings. The van der Waals surface area contributed by atoms with Gasteiger partial charge in [0.25, 0.3) is 5.91 Å². The normalized spacial score (nSPS) is 10.6. The average Bonchev–Trinajstić information content (AvgIpc) is 2.49. The molecule has 1 heterocycles. The topological polar surface area (TPSA) is 42.0 Å². The Balaban J connectivity index is 1.97. The standard InChI is InChI=1S/C17H13FN2O/c1-11-6-7-16(14(18)10-11)20-17(21)13-8-9-19-15-5-3-2-4-12(13)15/h2-10H,1H3,(H,20,21). The highest BCUT2D eigenvalue weighted by molar-refractivity contribution is 6.12. The minimum Gasteiger partial charge on any atom is -0.319 e. The van der Waals surface area contributed by atoms with Crippen LogP contribution in [-0.2, 0) is 0 Å². The Kier molecular flexibility index (Phi) is 3.36. The van der Waals surface area contributed by atoms with Crippen LogP contribution in [0, 0.1) is 12.7 Å². The molecule has 0 radical (unpaired) electrons. The van der Waals surface area contributed by atoms with E-state index >= 15 is 0 Å². The van der Waals surface area contributed by atoms with E-state index in [4.69, 9.17) is 0 Å². The quantitative estimate of drug-likeness (QED) is 0.772. The molecule has 1 amide bonds. The Bertz CT molecular complexity index is 825. The lowest BCUT2D eigenvalue weighted by Gasteiger charge is -2.09. The van der Waals surface area contributed by atoms with Crippen molar-refractivity contribution in [2.24, 2.45) is 0 Å². The maximum absolute atomic E-state index is 13.8. The summed E-state index contributed by atoms with van der Waals surface area (Å²) in [7, 11) is 0. The van der Waals surface area contributed by atoms with Gasteiger partial charge in [-0.3, -0.25) is 9.78 Å². The molecule has 0 saturated heterocycles. The molecule has 3 aromatic rings. The van der Waals surface area contributed by atoms with Crippen LogP contribution in [0.5, 0.6) is 0 Å². The number of nitrogens with zero attached hydrogens (tertiary/aromatic N) is 1. The number of hydrogen-bond acceptors (Lipinski definition) is 2.